The Balaban J connectivity index is 1.65. The summed E-state index contributed by atoms with van der Waals surface area (Å²) in [5.74, 6) is -1.72. The quantitative estimate of drug-likeness (QED) is 0.0474. The second-order valence-corrected chi connectivity index (χ2v) is 18.0. The average Bonchev–Trinajstić information content (AvgIpc) is 3.59. The summed E-state index contributed by atoms with van der Waals surface area (Å²) in [5.41, 5.74) is 3.41. The SMILES string of the molecule is CCOC(=O)CCCCOc1cc(OC)c(CN(C(=O)[C@H](CC(C)C)NC(=O)[C@@H](NC(=O)OCC2c3ccccc3-c3ccccc32)C(C)(C)C)C(CC(OC)OC)CC(F)(F)F)c(OC)c1. The molecule has 370 valence electrons. The van der Waals surface area contributed by atoms with Crippen LogP contribution < -0.4 is 24.8 Å². The minimum Gasteiger partial charge on any atom is -0.496 e. The Bertz CT molecular complexity index is 2030. The molecule has 1 aliphatic carbocycles. The predicted octanol–water partition coefficient (Wildman–Crippen LogP) is 8.96. The molecule has 3 atom stereocenters. The van der Waals surface area contributed by atoms with Crippen molar-refractivity contribution in [3.63, 3.8) is 0 Å². The number of hydrogen-bond donors (Lipinski definition) is 2. The van der Waals surface area contributed by atoms with E-state index in [1.54, 1.807) is 27.7 Å². The van der Waals surface area contributed by atoms with Crippen molar-refractivity contribution in [2.45, 2.75) is 123 Å². The van der Waals surface area contributed by atoms with Gasteiger partial charge in [-0.25, -0.2) is 4.79 Å². The van der Waals surface area contributed by atoms with Crippen molar-refractivity contribution in [3.8, 4) is 28.4 Å². The van der Waals surface area contributed by atoms with Gasteiger partial charge in [0.1, 0.15) is 35.9 Å². The van der Waals surface area contributed by atoms with E-state index in [9.17, 15) is 27.6 Å². The molecule has 0 fully saturated rings. The molecule has 3 aromatic rings. The van der Waals surface area contributed by atoms with Gasteiger partial charge in [0.2, 0.25) is 11.8 Å². The molecule has 3 aromatic carbocycles. The minimum absolute atomic E-state index is 0.0105. The van der Waals surface area contributed by atoms with E-state index in [0.29, 0.717) is 18.6 Å². The van der Waals surface area contributed by atoms with Gasteiger partial charge in [-0.3, -0.25) is 14.4 Å². The van der Waals surface area contributed by atoms with Crippen LogP contribution in [0.5, 0.6) is 17.2 Å². The van der Waals surface area contributed by atoms with Crippen LogP contribution in [0.4, 0.5) is 18.0 Å². The molecule has 0 spiro atoms. The van der Waals surface area contributed by atoms with Gasteiger partial charge < -0.3 is 48.7 Å². The molecule has 2 N–H and O–H groups in total. The molecule has 0 saturated heterocycles. The second kappa shape index (κ2) is 25.0. The van der Waals surface area contributed by atoms with Crippen LogP contribution in [0.3, 0.4) is 0 Å². The van der Waals surface area contributed by atoms with E-state index in [-0.39, 0.29) is 67.5 Å². The van der Waals surface area contributed by atoms with E-state index >= 15 is 4.79 Å². The molecule has 1 unspecified atom stereocenters. The average molecular weight is 944 g/mol. The fraction of sp³-hybridized carbons (Fsp3) is 0.560. The number of nitrogens with zero attached hydrogens (tertiary/aromatic N) is 1. The maximum atomic E-state index is 15.1. The van der Waals surface area contributed by atoms with Crippen molar-refractivity contribution in [2.75, 3.05) is 48.3 Å². The summed E-state index contributed by atoms with van der Waals surface area (Å²) in [6, 6.07) is 14.6. The summed E-state index contributed by atoms with van der Waals surface area (Å²) in [6.07, 6.45) is -7.31. The molecule has 1 aliphatic rings. The van der Waals surface area contributed by atoms with Crippen molar-refractivity contribution in [1.82, 2.24) is 15.5 Å². The maximum absolute atomic E-state index is 15.1. The number of carbonyl (C=O) groups excluding carboxylic acids is 4. The highest BCUT2D eigenvalue weighted by atomic mass is 19.4. The van der Waals surface area contributed by atoms with Crippen molar-refractivity contribution in [1.29, 1.82) is 0 Å². The Labute approximate surface area is 392 Å². The number of hydrogen-bond acceptors (Lipinski definition) is 11. The normalized spacial score (nSPS) is 13.8. The zero-order valence-electron chi connectivity index (χ0n) is 40.4. The highest BCUT2D eigenvalue weighted by molar-refractivity contribution is 5.92. The van der Waals surface area contributed by atoms with Crippen molar-refractivity contribution in [3.05, 3.63) is 77.4 Å². The van der Waals surface area contributed by atoms with Crippen LogP contribution in [0, 0.1) is 11.3 Å². The first kappa shape index (κ1) is 54.1. The first-order valence-electron chi connectivity index (χ1n) is 22.6. The predicted molar refractivity (Wildman–Crippen MR) is 246 cm³/mol. The summed E-state index contributed by atoms with van der Waals surface area (Å²) >= 11 is 0. The number of alkyl carbamates (subject to hydrolysis) is 1. The smallest absolute Gasteiger partial charge is 0.407 e. The van der Waals surface area contributed by atoms with Gasteiger partial charge in [0.05, 0.1) is 46.0 Å². The summed E-state index contributed by atoms with van der Waals surface area (Å²) < 4.78 is 82.6. The van der Waals surface area contributed by atoms with E-state index in [1.165, 1.54) is 40.6 Å². The Morgan fingerprint density at radius 3 is 1.88 bits per heavy atom. The molecule has 3 amide bonds. The molecule has 4 rings (SSSR count). The monoisotopic (exact) mass is 943 g/mol. The molecule has 0 bridgehead atoms. The van der Waals surface area contributed by atoms with Gasteiger partial charge in [-0.1, -0.05) is 83.1 Å². The van der Waals surface area contributed by atoms with Crippen LogP contribution in [-0.4, -0.2) is 108 Å². The van der Waals surface area contributed by atoms with E-state index in [2.05, 4.69) is 10.6 Å². The second-order valence-electron chi connectivity index (χ2n) is 18.0. The van der Waals surface area contributed by atoms with Gasteiger partial charge in [-0.15, -0.1) is 0 Å². The van der Waals surface area contributed by atoms with Crippen LogP contribution in [-0.2, 0) is 39.9 Å². The molecule has 0 heterocycles. The largest absolute Gasteiger partial charge is 0.496 e. The number of esters is 1. The van der Waals surface area contributed by atoms with Crippen LogP contribution in [0.2, 0.25) is 0 Å². The van der Waals surface area contributed by atoms with Crippen molar-refractivity contribution < 1.29 is 65.5 Å². The fourth-order valence-electron chi connectivity index (χ4n) is 8.23. The van der Waals surface area contributed by atoms with Crippen LogP contribution in [0.1, 0.15) is 103 Å². The van der Waals surface area contributed by atoms with Gasteiger partial charge in [0.25, 0.3) is 0 Å². The lowest BCUT2D eigenvalue weighted by atomic mass is 9.86. The summed E-state index contributed by atoms with van der Waals surface area (Å²) in [6.45, 7) is 10.6. The van der Waals surface area contributed by atoms with Crippen LogP contribution in [0.25, 0.3) is 11.1 Å². The summed E-state index contributed by atoms with van der Waals surface area (Å²) in [5, 5.41) is 5.52. The maximum Gasteiger partial charge on any atom is 0.407 e. The number of methoxy groups -OCH3 is 4. The number of nitrogens with one attached hydrogen (secondary N) is 2. The lowest BCUT2D eigenvalue weighted by Crippen LogP contribution is -2.59. The summed E-state index contributed by atoms with van der Waals surface area (Å²) in [4.78, 5) is 56.0. The number of halogens is 3. The molecular weight excluding hydrogens is 876 g/mol. The van der Waals surface area contributed by atoms with E-state index in [4.69, 9.17) is 33.2 Å². The number of alkyl halides is 3. The molecule has 67 heavy (non-hydrogen) atoms. The van der Waals surface area contributed by atoms with Gasteiger partial charge >= 0.3 is 18.2 Å². The molecule has 14 nitrogen and oxygen atoms in total. The van der Waals surface area contributed by atoms with Gasteiger partial charge in [0.15, 0.2) is 6.29 Å². The topological polar surface area (TPSA) is 160 Å². The zero-order chi connectivity index (χ0) is 49.5. The third-order valence-electron chi connectivity index (χ3n) is 11.5. The number of ether oxygens (including phenoxy) is 7. The van der Waals surface area contributed by atoms with E-state index < -0.39 is 73.3 Å². The molecule has 0 radical (unpaired) electrons. The lowest BCUT2D eigenvalue weighted by Gasteiger charge is -2.38. The van der Waals surface area contributed by atoms with Crippen LogP contribution >= 0.6 is 0 Å². The van der Waals surface area contributed by atoms with E-state index in [1.807, 2.05) is 62.4 Å². The van der Waals surface area contributed by atoms with Crippen LogP contribution in [0.15, 0.2) is 60.7 Å². The number of carbonyl (C=O) groups is 4. The number of unbranched alkanes of at least 4 members (excludes halogenated alkanes) is 1. The Kier molecular flexibility index (Phi) is 20.2. The van der Waals surface area contributed by atoms with Crippen molar-refractivity contribution in [2.24, 2.45) is 11.3 Å². The lowest BCUT2D eigenvalue weighted by molar-refractivity contribution is -0.170. The van der Waals surface area contributed by atoms with Gasteiger partial charge in [-0.2, -0.15) is 13.2 Å². The molecular formula is C50H68F3N3O11. The third kappa shape index (κ3) is 15.5. The van der Waals surface area contributed by atoms with E-state index in [0.717, 1.165) is 27.2 Å². The highest BCUT2D eigenvalue weighted by Crippen LogP contribution is 2.44. The first-order chi connectivity index (χ1) is 31.7. The molecule has 0 aliphatic heterocycles. The first-order valence-corrected chi connectivity index (χ1v) is 22.6. The van der Waals surface area contributed by atoms with Gasteiger partial charge in [-0.05, 0) is 59.8 Å². The highest BCUT2D eigenvalue weighted by Gasteiger charge is 2.42. The van der Waals surface area contributed by atoms with Crippen molar-refractivity contribution >= 4 is 23.9 Å². The Morgan fingerprint density at radius 1 is 0.791 bits per heavy atom. The standard InChI is InChI=1S/C50H68F3N3O11/c1-11-65-43(57)22-16-17-23-66-33-26-41(61-7)38(42(27-33)62-8)29-56(32(28-50(51,52)53)25-44(63-9)64-10)47(59)40(24-31(2)3)54-46(58)45(49(4,5)6)55-48(60)67-30-39-36-20-14-12-18-34(36)35-19-13-15-21-37(35)39/h12-15,18-21,26-27,31-32,39-40,44-45H,11,16-17,22-25,28-30H2,1-10H3,(H,54,58)(H,55,60)/t32?,40-,45+/m0/s1. The molecule has 17 heteroatoms. The van der Waals surface area contributed by atoms with Gasteiger partial charge in [0, 0.05) is 51.2 Å². The molecule has 0 aromatic heterocycles. The Morgan fingerprint density at radius 2 is 1.37 bits per heavy atom. The Hall–Kier alpha value is -5.55. The molecule has 0 saturated carbocycles. The third-order valence-corrected chi connectivity index (χ3v) is 11.5. The number of fused-ring (bicyclic) bond motifs is 3. The number of benzene rings is 3. The fourth-order valence-corrected chi connectivity index (χ4v) is 8.23. The number of rotatable bonds is 25. The minimum atomic E-state index is -4.75. The number of amides is 3. The summed E-state index contributed by atoms with van der Waals surface area (Å²) in [7, 11) is 5.30. The zero-order valence-corrected chi connectivity index (χ0v) is 40.4.